The normalized spacial score (nSPS) is 10.2. The van der Waals surface area contributed by atoms with Crippen LogP contribution < -0.4 is 5.69 Å². The van der Waals surface area contributed by atoms with E-state index in [0.29, 0.717) is 10.0 Å². The van der Waals surface area contributed by atoms with Gasteiger partial charge in [-0.3, -0.25) is 0 Å². The minimum absolute atomic E-state index is 0.361. The molecular formula is C8H5ClN2OS. The van der Waals surface area contributed by atoms with Gasteiger partial charge in [0.25, 0.3) is 0 Å². The quantitative estimate of drug-likeness (QED) is 0.788. The first-order chi connectivity index (χ1) is 6.27. The first-order valence-corrected chi connectivity index (χ1v) is 4.82. The standard InChI is InChI=1S/C8H5ClN2OS/c9-7-5(2-4-13-7)6-1-3-10-8(12)11-6/h1-4H,(H,10,11,12). The van der Waals surface area contributed by atoms with Gasteiger partial charge in [-0.2, -0.15) is 0 Å². The molecule has 0 atom stereocenters. The number of aromatic nitrogens is 2. The Hall–Kier alpha value is -1.13. The fourth-order valence-corrected chi connectivity index (χ4v) is 1.96. The van der Waals surface area contributed by atoms with Crippen LogP contribution in [0.15, 0.2) is 28.5 Å². The van der Waals surface area contributed by atoms with Crippen molar-refractivity contribution in [3.63, 3.8) is 0 Å². The van der Waals surface area contributed by atoms with Crippen LogP contribution in [0.3, 0.4) is 0 Å². The summed E-state index contributed by atoms with van der Waals surface area (Å²) in [6.45, 7) is 0. The van der Waals surface area contributed by atoms with Crippen LogP contribution in [0.4, 0.5) is 0 Å². The van der Waals surface area contributed by atoms with E-state index in [4.69, 9.17) is 11.6 Å². The zero-order chi connectivity index (χ0) is 9.26. The fraction of sp³-hybridized carbons (Fsp3) is 0. The molecule has 0 spiro atoms. The number of nitrogens with one attached hydrogen (secondary N) is 1. The zero-order valence-corrected chi connectivity index (χ0v) is 8.02. The third-order valence-electron chi connectivity index (χ3n) is 1.58. The maximum atomic E-state index is 10.9. The minimum Gasteiger partial charge on any atom is -0.305 e. The molecule has 0 aliphatic carbocycles. The number of thiophene rings is 1. The molecular weight excluding hydrogens is 208 g/mol. The summed E-state index contributed by atoms with van der Waals surface area (Å²) < 4.78 is 0.668. The Bertz CT molecular complexity index is 477. The topological polar surface area (TPSA) is 45.8 Å². The van der Waals surface area contributed by atoms with Gasteiger partial charge in [0, 0.05) is 11.8 Å². The molecule has 0 amide bonds. The Balaban J connectivity index is 2.59. The summed E-state index contributed by atoms with van der Waals surface area (Å²) in [7, 11) is 0. The molecule has 13 heavy (non-hydrogen) atoms. The molecule has 0 saturated carbocycles. The summed E-state index contributed by atoms with van der Waals surface area (Å²) in [6, 6.07) is 3.58. The van der Waals surface area contributed by atoms with Gasteiger partial charge >= 0.3 is 5.69 Å². The molecule has 0 saturated heterocycles. The van der Waals surface area contributed by atoms with Crippen LogP contribution in [-0.2, 0) is 0 Å². The maximum absolute atomic E-state index is 10.9. The molecule has 0 aliphatic heterocycles. The molecule has 2 aromatic heterocycles. The first-order valence-electron chi connectivity index (χ1n) is 3.56. The van der Waals surface area contributed by atoms with Crippen molar-refractivity contribution < 1.29 is 0 Å². The molecule has 2 rings (SSSR count). The molecule has 0 fully saturated rings. The number of hydrogen-bond donors (Lipinski definition) is 1. The van der Waals surface area contributed by atoms with Crippen LogP contribution in [0.5, 0.6) is 0 Å². The fourth-order valence-electron chi connectivity index (χ4n) is 1.01. The Labute approximate surface area is 83.0 Å². The lowest BCUT2D eigenvalue weighted by atomic mass is 10.2. The molecule has 5 heteroatoms. The van der Waals surface area contributed by atoms with Crippen molar-refractivity contribution in [2.24, 2.45) is 0 Å². The van der Waals surface area contributed by atoms with E-state index in [9.17, 15) is 4.79 Å². The second kappa shape index (κ2) is 3.32. The molecule has 0 bridgehead atoms. The summed E-state index contributed by atoms with van der Waals surface area (Å²) in [4.78, 5) is 17.0. The molecule has 0 aromatic carbocycles. The van der Waals surface area contributed by atoms with E-state index in [1.54, 1.807) is 6.07 Å². The maximum Gasteiger partial charge on any atom is 0.345 e. The highest BCUT2D eigenvalue weighted by molar-refractivity contribution is 7.15. The Morgan fingerprint density at radius 1 is 1.46 bits per heavy atom. The Morgan fingerprint density at radius 3 is 2.92 bits per heavy atom. The molecule has 0 aliphatic rings. The third-order valence-corrected chi connectivity index (χ3v) is 2.75. The average molecular weight is 213 g/mol. The van der Waals surface area contributed by atoms with Gasteiger partial charge in [-0.1, -0.05) is 11.6 Å². The van der Waals surface area contributed by atoms with Gasteiger partial charge in [-0.25, -0.2) is 9.78 Å². The van der Waals surface area contributed by atoms with Gasteiger partial charge in [0.1, 0.15) is 4.34 Å². The van der Waals surface area contributed by atoms with Gasteiger partial charge in [-0.15, -0.1) is 11.3 Å². The van der Waals surface area contributed by atoms with Crippen LogP contribution in [0.2, 0.25) is 4.34 Å². The molecule has 1 N–H and O–H groups in total. The lowest BCUT2D eigenvalue weighted by Crippen LogP contribution is -2.08. The highest BCUT2D eigenvalue weighted by Gasteiger charge is 2.04. The number of hydrogen-bond acceptors (Lipinski definition) is 3. The highest BCUT2D eigenvalue weighted by Crippen LogP contribution is 2.30. The Kier molecular flexibility index (Phi) is 2.16. The van der Waals surface area contributed by atoms with E-state index in [1.807, 2.05) is 11.4 Å². The van der Waals surface area contributed by atoms with Crippen LogP contribution >= 0.6 is 22.9 Å². The van der Waals surface area contributed by atoms with Crippen molar-refractivity contribution in [3.05, 3.63) is 38.5 Å². The van der Waals surface area contributed by atoms with Gasteiger partial charge in [0.15, 0.2) is 0 Å². The predicted octanol–water partition coefficient (Wildman–Crippen LogP) is 2.15. The van der Waals surface area contributed by atoms with Crippen molar-refractivity contribution in [2.45, 2.75) is 0 Å². The van der Waals surface area contributed by atoms with E-state index in [0.717, 1.165) is 5.56 Å². The molecule has 66 valence electrons. The number of aromatic amines is 1. The van der Waals surface area contributed by atoms with Crippen molar-refractivity contribution in [2.75, 3.05) is 0 Å². The van der Waals surface area contributed by atoms with E-state index >= 15 is 0 Å². The van der Waals surface area contributed by atoms with Gasteiger partial charge in [0.05, 0.1) is 5.69 Å². The van der Waals surface area contributed by atoms with Gasteiger partial charge in [-0.05, 0) is 17.5 Å². The van der Waals surface area contributed by atoms with Gasteiger partial charge in [0.2, 0.25) is 0 Å². The largest absolute Gasteiger partial charge is 0.345 e. The monoisotopic (exact) mass is 212 g/mol. The van der Waals surface area contributed by atoms with Crippen LogP contribution in [0.1, 0.15) is 0 Å². The SMILES string of the molecule is O=c1nccc(-c2ccsc2Cl)[nH]1. The second-order valence-electron chi connectivity index (χ2n) is 2.40. The number of nitrogens with zero attached hydrogens (tertiary/aromatic N) is 1. The van der Waals surface area contributed by atoms with Crippen molar-refractivity contribution in [1.29, 1.82) is 0 Å². The summed E-state index contributed by atoms with van der Waals surface area (Å²) in [5.74, 6) is 0. The molecule has 0 unspecified atom stereocenters. The number of halogens is 1. The summed E-state index contributed by atoms with van der Waals surface area (Å²) in [5, 5.41) is 1.87. The zero-order valence-electron chi connectivity index (χ0n) is 6.45. The van der Waals surface area contributed by atoms with E-state index in [-0.39, 0.29) is 5.69 Å². The smallest absolute Gasteiger partial charge is 0.305 e. The summed E-state index contributed by atoms with van der Waals surface area (Å²) in [6.07, 6.45) is 1.46. The molecule has 3 nitrogen and oxygen atoms in total. The lowest BCUT2D eigenvalue weighted by molar-refractivity contribution is 1.08. The second-order valence-corrected chi connectivity index (χ2v) is 3.91. The van der Waals surface area contributed by atoms with Crippen molar-refractivity contribution >= 4 is 22.9 Å². The number of H-pyrrole nitrogens is 1. The van der Waals surface area contributed by atoms with Crippen molar-refractivity contribution in [1.82, 2.24) is 9.97 Å². The van der Waals surface area contributed by atoms with E-state index < -0.39 is 0 Å². The first kappa shape index (κ1) is 8.47. The summed E-state index contributed by atoms with van der Waals surface area (Å²) in [5.41, 5.74) is 1.18. The highest BCUT2D eigenvalue weighted by atomic mass is 35.5. The molecule has 0 radical (unpaired) electrons. The average Bonchev–Trinajstić information content (AvgIpc) is 2.51. The van der Waals surface area contributed by atoms with E-state index in [1.165, 1.54) is 17.5 Å². The van der Waals surface area contributed by atoms with Crippen LogP contribution in [0.25, 0.3) is 11.3 Å². The number of rotatable bonds is 1. The minimum atomic E-state index is -0.361. The molecule has 2 heterocycles. The predicted molar refractivity (Wildman–Crippen MR) is 53.2 cm³/mol. The van der Waals surface area contributed by atoms with E-state index in [2.05, 4.69) is 9.97 Å². The van der Waals surface area contributed by atoms with Crippen LogP contribution in [-0.4, -0.2) is 9.97 Å². The van der Waals surface area contributed by atoms with Gasteiger partial charge < -0.3 is 4.98 Å². The third kappa shape index (κ3) is 1.64. The van der Waals surface area contributed by atoms with Crippen molar-refractivity contribution in [3.8, 4) is 11.3 Å². The van der Waals surface area contributed by atoms with Crippen LogP contribution in [0, 0.1) is 0 Å². The lowest BCUT2D eigenvalue weighted by Gasteiger charge is -1.96. The summed E-state index contributed by atoms with van der Waals surface area (Å²) >= 11 is 7.33. The Morgan fingerprint density at radius 2 is 2.31 bits per heavy atom. The molecule has 2 aromatic rings.